The summed E-state index contributed by atoms with van der Waals surface area (Å²) < 4.78 is 0. The van der Waals surface area contributed by atoms with Gasteiger partial charge in [0.1, 0.15) is 5.01 Å². The number of hydrogen-bond donors (Lipinski definition) is 1. The van der Waals surface area contributed by atoms with Crippen molar-refractivity contribution in [2.45, 2.75) is 20.3 Å². The first-order valence-corrected chi connectivity index (χ1v) is 6.85. The van der Waals surface area contributed by atoms with Gasteiger partial charge in [0.05, 0.1) is 12.1 Å². The van der Waals surface area contributed by atoms with Crippen LogP contribution in [0.1, 0.15) is 21.1 Å². The van der Waals surface area contributed by atoms with E-state index in [1.54, 1.807) is 23.5 Å². The molecule has 0 fully saturated rings. The minimum atomic E-state index is 0.0607. The predicted octanol–water partition coefficient (Wildman–Crippen LogP) is 3.17. The molecule has 0 aliphatic carbocycles. The largest absolute Gasteiger partial charge is 0.399 e. The molecule has 0 bridgehead atoms. The van der Waals surface area contributed by atoms with Crippen molar-refractivity contribution in [3.8, 4) is 0 Å². The second-order valence-electron chi connectivity index (χ2n) is 4.39. The van der Waals surface area contributed by atoms with Crippen molar-refractivity contribution in [2.75, 3.05) is 5.73 Å². The summed E-state index contributed by atoms with van der Waals surface area (Å²) in [5.41, 5.74) is 8.30. The third-order valence-electron chi connectivity index (χ3n) is 2.80. The molecule has 2 N–H and O–H groups in total. The Balaban J connectivity index is 1.99. The molecule has 1 heterocycles. The van der Waals surface area contributed by atoms with Crippen LogP contribution in [0.4, 0.5) is 5.69 Å². The van der Waals surface area contributed by atoms with E-state index in [0.717, 1.165) is 22.0 Å². The van der Waals surface area contributed by atoms with Gasteiger partial charge in [-0.25, -0.2) is 4.98 Å². The minimum Gasteiger partial charge on any atom is -0.399 e. The number of carbonyl (C=O) groups is 1. The highest BCUT2D eigenvalue weighted by Crippen LogP contribution is 2.17. The Morgan fingerprint density at radius 1 is 1.32 bits per heavy atom. The summed E-state index contributed by atoms with van der Waals surface area (Å²) in [6.45, 7) is 3.98. The monoisotopic (exact) mass is 272 g/mol. The molecular weight excluding hydrogens is 256 g/mol. The molecule has 0 saturated heterocycles. The molecule has 4 heteroatoms. The molecule has 1 aromatic carbocycles. The van der Waals surface area contributed by atoms with E-state index in [2.05, 4.69) is 4.98 Å². The maximum atomic E-state index is 11.8. The zero-order valence-corrected chi connectivity index (χ0v) is 11.8. The molecule has 98 valence electrons. The zero-order chi connectivity index (χ0) is 13.8. The van der Waals surface area contributed by atoms with Gasteiger partial charge in [-0.2, -0.15) is 0 Å². The Morgan fingerprint density at radius 2 is 2.00 bits per heavy atom. The van der Waals surface area contributed by atoms with Crippen molar-refractivity contribution in [2.24, 2.45) is 0 Å². The topological polar surface area (TPSA) is 56.0 Å². The van der Waals surface area contributed by atoms with Gasteiger partial charge in [-0.05, 0) is 37.6 Å². The SMILES string of the molecule is Cc1nc(CC(=O)/C=C/c2ccc(N)cc2)sc1C. The molecule has 2 rings (SSSR count). The van der Waals surface area contributed by atoms with Gasteiger partial charge < -0.3 is 5.73 Å². The molecule has 2 aromatic rings. The summed E-state index contributed by atoms with van der Waals surface area (Å²) in [6, 6.07) is 7.41. The van der Waals surface area contributed by atoms with Crippen molar-refractivity contribution >= 4 is 28.9 Å². The number of nitrogen functional groups attached to an aromatic ring is 1. The number of carbonyl (C=O) groups excluding carboxylic acids is 1. The number of nitrogens with two attached hydrogens (primary N) is 1. The lowest BCUT2D eigenvalue weighted by molar-refractivity contribution is -0.113. The van der Waals surface area contributed by atoms with Gasteiger partial charge in [0, 0.05) is 10.6 Å². The van der Waals surface area contributed by atoms with Crippen LogP contribution in [0.15, 0.2) is 30.3 Å². The molecule has 0 saturated carbocycles. The van der Waals surface area contributed by atoms with E-state index in [4.69, 9.17) is 5.73 Å². The number of rotatable bonds is 4. The molecule has 0 amide bonds. The van der Waals surface area contributed by atoms with Gasteiger partial charge in [0.15, 0.2) is 5.78 Å². The molecule has 1 aromatic heterocycles. The Morgan fingerprint density at radius 3 is 2.58 bits per heavy atom. The summed E-state index contributed by atoms with van der Waals surface area (Å²) in [5.74, 6) is 0.0607. The van der Waals surface area contributed by atoms with Crippen LogP contribution in [0, 0.1) is 13.8 Å². The van der Waals surface area contributed by atoms with Gasteiger partial charge in [-0.15, -0.1) is 11.3 Å². The van der Waals surface area contributed by atoms with Crippen molar-refractivity contribution < 1.29 is 4.79 Å². The van der Waals surface area contributed by atoms with Gasteiger partial charge in [0.2, 0.25) is 0 Å². The van der Waals surface area contributed by atoms with E-state index in [1.807, 2.05) is 38.1 Å². The Bertz CT molecular complexity index is 592. The second-order valence-corrected chi connectivity index (χ2v) is 5.68. The second kappa shape index (κ2) is 5.80. The minimum absolute atomic E-state index is 0.0607. The molecule has 3 nitrogen and oxygen atoms in total. The number of benzene rings is 1. The molecule has 19 heavy (non-hydrogen) atoms. The Labute approximate surface area is 116 Å². The lowest BCUT2D eigenvalue weighted by Gasteiger charge is -1.94. The van der Waals surface area contributed by atoms with Gasteiger partial charge in [-0.1, -0.05) is 18.2 Å². The zero-order valence-electron chi connectivity index (χ0n) is 11.0. The molecule has 0 aliphatic heterocycles. The van der Waals surface area contributed by atoms with E-state index >= 15 is 0 Å². The van der Waals surface area contributed by atoms with Crippen LogP contribution in [-0.4, -0.2) is 10.8 Å². The number of aryl methyl sites for hydroxylation is 2. The Kier molecular flexibility index (Phi) is 4.12. The first kappa shape index (κ1) is 13.5. The van der Waals surface area contributed by atoms with Crippen LogP contribution in [0.3, 0.4) is 0 Å². The van der Waals surface area contributed by atoms with Crippen molar-refractivity contribution in [1.29, 1.82) is 0 Å². The summed E-state index contributed by atoms with van der Waals surface area (Å²) >= 11 is 1.58. The van der Waals surface area contributed by atoms with Crippen LogP contribution in [0.2, 0.25) is 0 Å². The molecule has 0 atom stereocenters. The van der Waals surface area contributed by atoms with Crippen LogP contribution in [0.25, 0.3) is 6.08 Å². The maximum absolute atomic E-state index is 11.8. The van der Waals surface area contributed by atoms with Crippen LogP contribution in [-0.2, 0) is 11.2 Å². The molecule has 0 spiro atoms. The lowest BCUT2D eigenvalue weighted by Crippen LogP contribution is -1.97. The summed E-state index contributed by atoms with van der Waals surface area (Å²) in [4.78, 5) is 17.4. The van der Waals surface area contributed by atoms with Crippen LogP contribution in [0.5, 0.6) is 0 Å². The Hall–Kier alpha value is -1.94. The number of anilines is 1. The fourth-order valence-electron chi connectivity index (χ4n) is 1.62. The first-order chi connectivity index (χ1) is 9.04. The van der Waals surface area contributed by atoms with Gasteiger partial charge in [0.25, 0.3) is 0 Å². The standard InChI is InChI=1S/C15H16N2OS/c1-10-11(2)19-15(17-10)9-14(18)8-5-12-3-6-13(16)7-4-12/h3-8H,9,16H2,1-2H3/b8-5+. The highest BCUT2D eigenvalue weighted by Gasteiger charge is 2.06. The van der Waals surface area contributed by atoms with Crippen LogP contribution < -0.4 is 5.73 Å². The average molecular weight is 272 g/mol. The maximum Gasteiger partial charge on any atom is 0.162 e. The third-order valence-corrected chi connectivity index (χ3v) is 3.87. The van der Waals surface area contributed by atoms with E-state index in [1.165, 1.54) is 4.88 Å². The van der Waals surface area contributed by atoms with E-state index in [0.29, 0.717) is 6.42 Å². The number of allylic oxidation sites excluding steroid dienone is 1. The average Bonchev–Trinajstić information content (AvgIpc) is 2.67. The summed E-state index contributed by atoms with van der Waals surface area (Å²) in [5, 5.41) is 0.877. The number of aromatic nitrogens is 1. The molecule has 0 aliphatic rings. The molecule has 0 radical (unpaired) electrons. The van der Waals surface area contributed by atoms with Crippen molar-refractivity contribution in [3.63, 3.8) is 0 Å². The quantitative estimate of drug-likeness (QED) is 0.687. The third kappa shape index (κ3) is 3.76. The van der Waals surface area contributed by atoms with Gasteiger partial charge >= 0.3 is 0 Å². The fourth-order valence-corrected chi connectivity index (χ4v) is 2.56. The molecular formula is C15H16N2OS. The number of ketones is 1. The fraction of sp³-hybridized carbons (Fsp3) is 0.200. The van der Waals surface area contributed by atoms with Crippen molar-refractivity contribution in [1.82, 2.24) is 4.98 Å². The first-order valence-electron chi connectivity index (χ1n) is 6.04. The lowest BCUT2D eigenvalue weighted by atomic mass is 10.1. The summed E-state index contributed by atoms with van der Waals surface area (Å²) in [6.07, 6.45) is 3.76. The van der Waals surface area contributed by atoms with E-state index in [9.17, 15) is 4.79 Å². The van der Waals surface area contributed by atoms with Crippen molar-refractivity contribution in [3.05, 3.63) is 51.5 Å². The van der Waals surface area contributed by atoms with Gasteiger partial charge in [-0.3, -0.25) is 4.79 Å². The molecule has 0 unspecified atom stereocenters. The number of hydrogen-bond acceptors (Lipinski definition) is 4. The summed E-state index contributed by atoms with van der Waals surface area (Å²) in [7, 11) is 0. The predicted molar refractivity (Wildman–Crippen MR) is 80.2 cm³/mol. The van der Waals surface area contributed by atoms with E-state index < -0.39 is 0 Å². The van der Waals surface area contributed by atoms with Crippen LogP contribution >= 0.6 is 11.3 Å². The van der Waals surface area contributed by atoms with E-state index in [-0.39, 0.29) is 5.78 Å². The normalized spacial score (nSPS) is 11.1. The number of nitrogens with zero attached hydrogens (tertiary/aromatic N) is 1. The highest BCUT2D eigenvalue weighted by atomic mass is 32.1. The number of thiazole rings is 1. The highest BCUT2D eigenvalue weighted by molar-refractivity contribution is 7.11. The smallest absolute Gasteiger partial charge is 0.162 e.